The summed E-state index contributed by atoms with van der Waals surface area (Å²) in [7, 11) is 1.88. The maximum Gasteiger partial charge on any atom is 0.251 e. The monoisotopic (exact) mass is 216 g/mol. The van der Waals surface area contributed by atoms with Crippen molar-refractivity contribution in [2.24, 2.45) is 5.92 Å². The van der Waals surface area contributed by atoms with Crippen molar-refractivity contribution < 1.29 is 4.79 Å². The van der Waals surface area contributed by atoms with Gasteiger partial charge in [-0.25, -0.2) is 0 Å². The predicted octanol–water partition coefficient (Wildman–Crippen LogP) is 0.859. The maximum atomic E-state index is 12.2. The lowest BCUT2D eigenvalue weighted by molar-refractivity contribution is -0.128. The molecule has 2 atom stereocenters. The highest BCUT2D eigenvalue weighted by Gasteiger charge is 2.41. The van der Waals surface area contributed by atoms with Crippen LogP contribution in [0.1, 0.15) is 6.42 Å². The van der Waals surface area contributed by atoms with Gasteiger partial charge in [0.25, 0.3) is 5.91 Å². The number of rotatable bonds is 2. The third kappa shape index (κ3) is 1.28. The average Bonchev–Trinajstić information content (AvgIpc) is 2.71. The standard InChI is InChI=1S/C13H16N2O/c1-14-8-11-7-10-4-2-3-9-5-6-15(12(9)10)13(11)16/h2-4,7,9,12,14H,5-6,8H2,1H3. The summed E-state index contributed by atoms with van der Waals surface area (Å²) in [5.41, 5.74) is 2.19. The Morgan fingerprint density at radius 3 is 3.25 bits per heavy atom. The van der Waals surface area contributed by atoms with Crippen molar-refractivity contribution in [3.8, 4) is 0 Å². The van der Waals surface area contributed by atoms with E-state index in [1.165, 1.54) is 5.57 Å². The molecule has 0 aromatic heterocycles. The molecule has 0 spiro atoms. The highest BCUT2D eigenvalue weighted by molar-refractivity contribution is 5.97. The van der Waals surface area contributed by atoms with Crippen LogP contribution in [0.2, 0.25) is 0 Å². The fourth-order valence-corrected chi connectivity index (χ4v) is 2.98. The Balaban J connectivity index is 2.02. The van der Waals surface area contributed by atoms with Crippen molar-refractivity contribution in [3.05, 3.63) is 35.5 Å². The van der Waals surface area contributed by atoms with Crippen molar-refractivity contribution >= 4 is 5.91 Å². The molecule has 1 saturated heterocycles. The SMILES string of the molecule is CNCC1=CC2=CC=CC3CCN(C1=O)C23. The molecule has 0 bridgehead atoms. The molecule has 2 aliphatic heterocycles. The fourth-order valence-electron chi connectivity index (χ4n) is 2.98. The lowest BCUT2D eigenvalue weighted by Crippen LogP contribution is -2.44. The van der Waals surface area contributed by atoms with Crippen LogP contribution >= 0.6 is 0 Å². The molecule has 1 N–H and O–H groups in total. The van der Waals surface area contributed by atoms with E-state index in [-0.39, 0.29) is 5.91 Å². The normalized spacial score (nSPS) is 31.3. The van der Waals surface area contributed by atoms with E-state index in [1.807, 2.05) is 11.9 Å². The Morgan fingerprint density at radius 1 is 1.56 bits per heavy atom. The molecule has 0 radical (unpaired) electrons. The molecule has 0 saturated carbocycles. The topological polar surface area (TPSA) is 32.3 Å². The summed E-state index contributed by atoms with van der Waals surface area (Å²) < 4.78 is 0. The summed E-state index contributed by atoms with van der Waals surface area (Å²) in [6, 6.07) is 0.318. The summed E-state index contributed by atoms with van der Waals surface area (Å²) in [5, 5.41) is 3.06. The first-order valence-corrected chi connectivity index (χ1v) is 5.86. The molecule has 3 nitrogen and oxygen atoms in total. The van der Waals surface area contributed by atoms with Crippen LogP contribution in [0.3, 0.4) is 0 Å². The Labute approximate surface area is 95.5 Å². The van der Waals surface area contributed by atoms with Gasteiger partial charge in [0.05, 0.1) is 6.04 Å². The second-order valence-electron chi connectivity index (χ2n) is 4.65. The van der Waals surface area contributed by atoms with Crippen LogP contribution < -0.4 is 5.32 Å². The van der Waals surface area contributed by atoms with Crippen molar-refractivity contribution in [1.82, 2.24) is 10.2 Å². The molecule has 1 aliphatic carbocycles. The number of hydrogen-bond donors (Lipinski definition) is 1. The summed E-state index contributed by atoms with van der Waals surface area (Å²) in [5.74, 6) is 0.755. The number of nitrogens with one attached hydrogen (secondary N) is 1. The van der Waals surface area contributed by atoms with Crippen LogP contribution in [-0.4, -0.2) is 37.0 Å². The lowest BCUT2D eigenvalue weighted by atomic mass is 9.86. The molecule has 0 aromatic carbocycles. The first kappa shape index (κ1) is 9.85. The van der Waals surface area contributed by atoms with E-state index in [0.29, 0.717) is 18.5 Å². The van der Waals surface area contributed by atoms with Gasteiger partial charge in [0.2, 0.25) is 0 Å². The number of carbonyl (C=O) groups is 1. The van der Waals surface area contributed by atoms with E-state index >= 15 is 0 Å². The molecule has 1 fully saturated rings. The first-order chi connectivity index (χ1) is 7.81. The van der Waals surface area contributed by atoms with Gasteiger partial charge in [-0.2, -0.15) is 0 Å². The third-order valence-electron chi connectivity index (χ3n) is 3.68. The Kier molecular flexibility index (Phi) is 2.21. The zero-order valence-electron chi connectivity index (χ0n) is 9.44. The minimum absolute atomic E-state index is 0.217. The number of nitrogens with zero attached hydrogens (tertiary/aromatic N) is 1. The highest BCUT2D eigenvalue weighted by atomic mass is 16.2. The summed E-state index contributed by atoms with van der Waals surface area (Å²) >= 11 is 0. The summed E-state index contributed by atoms with van der Waals surface area (Å²) in [6.45, 7) is 1.56. The molecule has 3 aliphatic rings. The van der Waals surface area contributed by atoms with Crippen LogP contribution in [0.4, 0.5) is 0 Å². The van der Waals surface area contributed by atoms with E-state index in [0.717, 1.165) is 18.5 Å². The largest absolute Gasteiger partial charge is 0.331 e. The van der Waals surface area contributed by atoms with Crippen LogP contribution in [0, 0.1) is 5.92 Å². The molecule has 1 amide bonds. The van der Waals surface area contributed by atoms with Gasteiger partial charge in [-0.3, -0.25) is 4.79 Å². The quantitative estimate of drug-likeness (QED) is 0.742. The highest BCUT2D eigenvalue weighted by Crippen LogP contribution is 2.37. The molecule has 84 valence electrons. The maximum absolute atomic E-state index is 12.2. The predicted molar refractivity (Wildman–Crippen MR) is 62.8 cm³/mol. The van der Waals surface area contributed by atoms with Crippen molar-refractivity contribution in [1.29, 1.82) is 0 Å². The molecule has 3 rings (SSSR count). The number of likely N-dealkylation sites (N-methyl/N-ethyl adjacent to an activating group) is 1. The second-order valence-corrected chi connectivity index (χ2v) is 4.65. The Hall–Kier alpha value is -1.35. The number of allylic oxidation sites excluding steroid dienone is 2. The minimum atomic E-state index is 0.217. The van der Waals surface area contributed by atoms with Gasteiger partial charge < -0.3 is 10.2 Å². The molecule has 3 heteroatoms. The molecular weight excluding hydrogens is 200 g/mol. The third-order valence-corrected chi connectivity index (χ3v) is 3.68. The first-order valence-electron chi connectivity index (χ1n) is 5.86. The van der Waals surface area contributed by atoms with Gasteiger partial charge >= 0.3 is 0 Å². The summed E-state index contributed by atoms with van der Waals surface area (Å²) in [4.78, 5) is 14.2. The number of hydrogen-bond acceptors (Lipinski definition) is 2. The van der Waals surface area contributed by atoms with Crippen LogP contribution in [-0.2, 0) is 4.79 Å². The summed E-state index contributed by atoms with van der Waals surface area (Å²) in [6.07, 6.45) is 9.68. The molecule has 2 unspecified atom stereocenters. The van der Waals surface area contributed by atoms with Gasteiger partial charge in [-0.1, -0.05) is 18.2 Å². The Morgan fingerprint density at radius 2 is 2.44 bits per heavy atom. The van der Waals surface area contributed by atoms with Crippen molar-refractivity contribution in [2.75, 3.05) is 20.1 Å². The van der Waals surface area contributed by atoms with Gasteiger partial charge in [0.1, 0.15) is 0 Å². The number of amides is 1. The van der Waals surface area contributed by atoms with Crippen molar-refractivity contribution in [2.45, 2.75) is 12.5 Å². The average molecular weight is 216 g/mol. The van der Waals surface area contributed by atoms with E-state index in [1.54, 1.807) is 0 Å². The van der Waals surface area contributed by atoms with Crippen LogP contribution in [0.5, 0.6) is 0 Å². The lowest BCUT2D eigenvalue weighted by Gasteiger charge is -2.34. The van der Waals surface area contributed by atoms with Gasteiger partial charge in [0, 0.05) is 24.6 Å². The van der Waals surface area contributed by atoms with E-state index in [9.17, 15) is 4.79 Å². The minimum Gasteiger partial charge on any atom is -0.331 e. The smallest absolute Gasteiger partial charge is 0.251 e. The zero-order valence-corrected chi connectivity index (χ0v) is 9.44. The second kappa shape index (κ2) is 3.59. The zero-order chi connectivity index (χ0) is 11.1. The van der Waals surface area contributed by atoms with Crippen LogP contribution in [0.25, 0.3) is 0 Å². The molecule has 2 heterocycles. The molecule has 16 heavy (non-hydrogen) atoms. The number of carbonyl (C=O) groups excluding carboxylic acids is 1. The van der Waals surface area contributed by atoms with Gasteiger partial charge in [-0.05, 0) is 25.1 Å². The Bertz CT molecular complexity index is 420. The fraction of sp³-hybridized carbons (Fsp3) is 0.462. The molecular formula is C13H16N2O. The van der Waals surface area contributed by atoms with Crippen LogP contribution in [0.15, 0.2) is 35.5 Å². The molecule has 0 aromatic rings. The van der Waals surface area contributed by atoms with Crippen molar-refractivity contribution in [3.63, 3.8) is 0 Å². The van der Waals surface area contributed by atoms with E-state index in [4.69, 9.17) is 0 Å². The van der Waals surface area contributed by atoms with E-state index < -0.39 is 0 Å². The van der Waals surface area contributed by atoms with E-state index in [2.05, 4.69) is 29.6 Å². The van der Waals surface area contributed by atoms with Gasteiger partial charge in [-0.15, -0.1) is 0 Å². The van der Waals surface area contributed by atoms with Gasteiger partial charge in [0.15, 0.2) is 0 Å².